The van der Waals surface area contributed by atoms with Crippen LogP contribution in [0.4, 0.5) is 0 Å². The molecule has 1 heterocycles. The molecule has 0 radical (unpaired) electrons. The zero-order valence-corrected chi connectivity index (χ0v) is 14.3. The lowest BCUT2D eigenvalue weighted by atomic mass is 10.1. The monoisotopic (exact) mass is 310 g/mol. The number of rotatable bonds is 4. The van der Waals surface area contributed by atoms with Crippen molar-refractivity contribution in [2.75, 3.05) is 13.6 Å². The van der Waals surface area contributed by atoms with Gasteiger partial charge in [0.1, 0.15) is 0 Å². The number of nitrogens with one attached hydrogen (secondary N) is 1. The number of sulfonamides is 1. The molecule has 1 saturated heterocycles. The third-order valence-electron chi connectivity index (χ3n) is 4.33. The van der Waals surface area contributed by atoms with Crippen LogP contribution in [0.25, 0.3) is 0 Å². The molecule has 1 aromatic carbocycles. The van der Waals surface area contributed by atoms with E-state index in [4.69, 9.17) is 0 Å². The molecular weight excluding hydrogens is 284 g/mol. The zero-order chi connectivity index (χ0) is 15.6. The van der Waals surface area contributed by atoms with Crippen molar-refractivity contribution in [2.24, 2.45) is 0 Å². The second kappa shape index (κ2) is 6.46. The van der Waals surface area contributed by atoms with Gasteiger partial charge in [0, 0.05) is 19.1 Å². The van der Waals surface area contributed by atoms with Crippen molar-refractivity contribution in [1.82, 2.24) is 9.62 Å². The first-order valence-corrected chi connectivity index (χ1v) is 9.08. The molecule has 1 fully saturated rings. The van der Waals surface area contributed by atoms with E-state index in [9.17, 15) is 8.42 Å². The van der Waals surface area contributed by atoms with Gasteiger partial charge in [-0.3, -0.25) is 0 Å². The first-order chi connectivity index (χ1) is 9.87. The summed E-state index contributed by atoms with van der Waals surface area (Å²) in [6.45, 7) is 7.24. The Morgan fingerprint density at radius 3 is 2.57 bits per heavy atom. The zero-order valence-electron chi connectivity index (χ0n) is 13.4. The maximum atomic E-state index is 13.0. The van der Waals surface area contributed by atoms with Gasteiger partial charge in [-0.2, -0.15) is 4.31 Å². The number of hydrogen-bond donors (Lipinski definition) is 1. The minimum Gasteiger partial charge on any atom is -0.316 e. The number of piperidine rings is 1. The Bertz CT molecular complexity index is 611. The Morgan fingerprint density at radius 2 is 1.95 bits per heavy atom. The van der Waals surface area contributed by atoms with Gasteiger partial charge in [-0.15, -0.1) is 0 Å². The van der Waals surface area contributed by atoms with Gasteiger partial charge in [0.15, 0.2) is 0 Å². The normalized spacial score (nSPS) is 20.7. The van der Waals surface area contributed by atoms with Crippen molar-refractivity contribution < 1.29 is 8.42 Å². The number of nitrogens with zero attached hydrogens (tertiary/aromatic N) is 1. The summed E-state index contributed by atoms with van der Waals surface area (Å²) < 4.78 is 27.7. The van der Waals surface area contributed by atoms with Gasteiger partial charge in [0.05, 0.1) is 4.90 Å². The van der Waals surface area contributed by atoms with Crippen LogP contribution in [-0.2, 0) is 16.6 Å². The van der Waals surface area contributed by atoms with Gasteiger partial charge in [0.2, 0.25) is 10.0 Å². The highest BCUT2D eigenvalue weighted by Crippen LogP contribution is 2.28. The van der Waals surface area contributed by atoms with E-state index in [1.165, 1.54) is 0 Å². The molecule has 1 atom stereocenters. The van der Waals surface area contributed by atoms with Gasteiger partial charge < -0.3 is 5.32 Å². The molecule has 0 aromatic heterocycles. The molecule has 1 unspecified atom stereocenters. The Kier molecular flexibility index (Phi) is 5.07. The third kappa shape index (κ3) is 3.30. The summed E-state index contributed by atoms with van der Waals surface area (Å²) in [4.78, 5) is 0.465. The quantitative estimate of drug-likeness (QED) is 0.930. The van der Waals surface area contributed by atoms with Gasteiger partial charge >= 0.3 is 0 Å². The SMILES string of the molecule is CNCc1cc(S(=O)(=O)N2CCCCC2C)c(C)cc1C. The smallest absolute Gasteiger partial charge is 0.243 e. The molecule has 0 bridgehead atoms. The van der Waals surface area contributed by atoms with Crippen LogP contribution < -0.4 is 5.32 Å². The second-order valence-electron chi connectivity index (χ2n) is 6.04. The lowest BCUT2D eigenvalue weighted by molar-refractivity contribution is 0.268. The summed E-state index contributed by atoms with van der Waals surface area (Å²) in [5.41, 5.74) is 3.02. The van der Waals surface area contributed by atoms with Crippen molar-refractivity contribution in [3.8, 4) is 0 Å². The minimum absolute atomic E-state index is 0.0946. The number of aryl methyl sites for hydroxylation is 2. The molecular formula is C16H26N2O2S. The molecule has 1 aliphatic rings. The Hall–Kier alpha value is -0.910. The van der Waals surface area contributed by atoms with Crippen molar-refractivity contribution in [3.63, 3.8) is 0 Å². The van der Waals surface area contributed by atoms with Gasteiger partial charge in [-0.1, -0.05) is 12.5 Å². The predicted octanol–water partition coefficient (Wildman–Crippen LogP) is 2.59. The Balaban J connectivity index is 2.46. The van der Waals surface area contributed by atoms with E-state index >= 15 is 0 Å². The topological polar surface area (TPSA) is 49.4 Å². The van der Waals surface area contributed by atoms with Crippen LogP contribution in [0, 0.1) is 13.8 Å². The molecule has 4 nitrogen and oxygen atoms in total. The van der Waals surface area contributed by atoms with Crippen LogP contribution in [0.1, 0.15) is 42.9 Å². The van der Waals surface area contributed by atoms with E-state index in [1.807, 2.05) is 40.0 Å². The Labute approximate surface area is 128 Å². The van der Waals surface area contributed by atoms with Crippen molar-refractivity contribution in [2.45, 2.75) is 57.5 Å². The van der Waals surface area contributed by atoms with Gasteiger partial charge in [0.25, 0.3) is 0 Å². The first kappa shape index (κ1) is 16.5. The highest BCUT2D eigenvalue weighted by atomic mass is 32.2. The summed E-state index contributed by atoms with van der Waals surface area (Å²) in [6, 6.07) is 3.92. The molecule has 1 aliphatic heterocycles. The average molecular weight is 310 g/mol. The molecule has 0 amide bonds. The fourth-order valence-corrected chi connectivity index (χ4v) is 5.05. The van der Waals surface area contributed by atoms with Crippen LogP contribution in [0.2, 0.25) is 0 Å². The van der Waals surface area contributed by atoms with Crippen LogP contribution in [0.3, 0.4) is 0 Å². The summed E-state index contributed by atoms with van der Waals surface area (Å²) in [7, 11) is -1.52. The van der Waals surface area contributed by atoms with E-state index in [-0.39, 0.29) is 6.04 Å². The molecule has 2 rings (SSSR count). The second-order valence-corrected chi connectivity index (χ2v) is 7.89. The van der Waals surface area contributed by atoms with E-state index in [0.29, 0.717) is 18.0 Å². The molecule has 1 N–H and O–H groups in total. The van der Waals surface area contributed by atoms with Crippen LogP contribution in [0.5, 0.6) is 0 Å². The van der Waals surface area contributed by atoms with Gasteiger partial charge in [-0.05, 0) is 63.4 Å². The standard InChI is InChI=1S/C16H26N2O2S/c1-12-9-13(2)16(10-15(12)11-17-4)21(19,20)18-8-6-5-7-14(18)3/h9-10,14,17H,5-8,11H2,1-4H3. The Morgan fingerprint density at radius 1 is 1.24 bits per heavy atom. The molecule has 118 valence electrons. The first-order valence-electron chi connectivity index (χ1n) is 7.64. The summed E-state index contributed by atoms with van der Waals surface area (Å²) in [5, 5.41) is 3.10. The highest BCUT2D eigenvalue weighted by Gasteiger charge is 2.32. The van der Waals surface area contributed by atoms with E-state index < -0.39 is 10.0 Å². The number of hydrogen-bond acceptors (Lipinski definition) is 3. The summed E-state index contributed by atoms with van der Waals surface area (Å²) >= 11 is 0. The largest absolute Gasteiger partial charge is 0.316 e. The van der Waals surface area contributed by atoms with E-state index in [1.54, 1.807) is 4.31 Å². The highest BCUT2D eigenvalue weighted by molar-refractivity contribution is 7.89. The van der Waals surface area contributed by atoms with E-state index in [2.05, 4.69) is 5.32 Å². The van der Waals surface area contributed by atoms with Crippen LogP contribution in [-0.4, -0.2) is 32.4 Å². The maximum absolute atomic E-state index is 13.0. The van der Waals surface area contributed by atoms with Crippen molar-refractivity contribution in [1.29, 1.82) is 0 Å². The number of benzene rings is 1. The molecule has 0 spiro atoms. The summed E-state index contributed by atoms with van der Waals surface area (Å²) in [5.74, 6) is 0. The fourth-order valence-electron chi connectivity index (χ4n) is 3.09. The van der Waals surface area contributed by atoms with Gasteiger partial charge in [-0.25, -0.2) is 8.42 Å². The molecule has 1 aromatic rings. The van der Waals surface area contributed by atoms with Crippen LogP contribution in [0.15, 0.2) is 17.0 Å². The fraction of sp³-hybridized carbons (Fsp3) is 0.625. The minimum atomic E-state index is -3.39. The molecule has 5 heteroatoms. The lowest BCUT2D eigenvalue weighted by Crippen LogP contribution is -2.42. The maximum Gasteiger partial charge on any atom is 0.243 e. The predicted molar refractivity (Wildman–Crippen MR) is 85.9 cm³/mol. The lowest BCUT2D eigenvalue weighted by Gasteiger charge is -2.33. The van der Waals surface area contributed by atoms with Crippen molar-refractivity contribution in [3.05, 3.63) is 28.8 Å². The van der Waals surface area contributed by atoms with Crippen LogP contribution >= 0.6 is 0 Å². The van der Waals surface area contributed by atoms with Crippen molar-refractivity contribution >= 4 is 10.0 Å². The van der Waals surface area contributed by atoms with E-state index in [0.717, 1.165) is 36.0 Å². The average Bonchev–Trinajstić information content (AvgIpc) is 2.42. The molecule has 21 heavy (non-hydrogen) atoms. The summed E-state index contributed by atoms with van der Waals surface area (Å²) in [6.07, 6.45) is 3.02. The molecule has 0 aliphatic carbocycles. The molecule has 0 saturated carbocycles. The third-order valence-corrected chi connectivity index (χ3v) is 6.48.